The number of hydrogen-bond acceptors (Lipinski definition) is 4. The van der Waals surface area contributed by atoms with Crippen LogP contribution < -0.4 is 15.8 Å². The maximum Gasteiger partial charge on any atom is 0.125 e. The first-order valence-corrected chi connectivity index (χ1v) is 5.89. The molecule has 0 saturated heterocycles. The molecule has 0 atom stereocenters. The number of nitrogen functional groups attached to an aromatic ring is 1. The second-order valence-electron chi connectivity index (χ2n) is 4.06. The van der Waals surface area contributed by atoms with Crippen LogP contribution in [0.2, 0.25) is 0 Å². The molecule has 0 spiro atoms. The number of anilines is 2. The van der Waals surface area contributed by atoms with E-state index in [1.165, 1.54) is 5.56 Å². The molecule has 4 heteroatoms. The normalized spacial score (nSPS) is 10.1. The van der Waals surface area contributed by atoms with Gasteiger partial charge in [0.2, 0.25) is 0 Å². The second kappa shape index (κ2) is 5.91. The zero-order valence-electron chi connectivity index (χ0n) is 10.4. The number of pyridine rings is 1. The third-order valence-electron chi connectivity index (χ3n) is 2.47. The van der Waals surface area contributed by atoms with E-state index in [1.54, 1.807) is 12.3 Å². The molecule has 1 aromatic heterocycles. The minimum Gasteiger partial charge on any atom is -0.492 e. The predicted molar refractivity (Wildman–Crippen MR) is 73.8 cm³/mol. The van der Waals surface area contributed by atoms with E-state index in [4.69, 9.17) is 10.5 Å². The van der Waals surface area contributed by atoms with E-state index in [2.05, 4.69) is 10.3 Å². The molecule has 2 rings (SSSR count). The highest BCUT2D eigenvalue weighted by Crippen LogP contribution is 2.12. The molecule has 0 radical (unpaired) electrons. The maximum absolute atomic E-state index is 5.63. The SMILES string of the molecule is Cc1cccc(OCCNc2ccnc(N)c2)c1. The zero-order chi connectivity index (χ0) is 12.8. The van der Waals surface area contributed by atoms with Crippen molar-refractivity contribution >= 4 is 11.5 Å². The highest BCUT2D eigenvalue weighted by molar-refractivity contribution is 5.49. The number of aryl methyl sites for hydroxylation is 1. The first-order chi connectivity index (χ1) is 8.74. The van der Waals surface area contributed by atoms with Crippen LogP contribution in [0.25, 0.3) is 0 Å². The summed E-state index contributed by atoms with van der Waals surface area (Å²) in [4.78, 5) is 3.93. The van der Waals surface area contributed by atoms with Gasteiger partial charge < -0.3 is 15.8 Å². The minimum absolute atomic E-state index is 0.514. The van der Waals surface area contributed by atoms with Crippen LogP contribution in [0.4, 0.5) is 11.5 Å². The third kappa shape index (κ3) is 3.66. The Morgan fingerprint density at radius 3 is 2.94 bits per heavy atom. The Kier molecular flexibility index (Phi) is 4.02. The lowest BCUT2D eigenvalue weighted by Gasteiger charge is -2.09. The lowest BCUT2D eigenvalue weighted by atomic mass is 10.2. The van der Waals surface area contributed by atoms with E-state index in [-0.39, 0.29) is 0 Å². The average molecular weight is 243 g/mol. The Bertz CT molecular complexity index is 466. The molecule has 0 aliphatic heterocycles. The molecule has 0 aliphatic rings. The van der Waals surface area contributed by atoms with Gasteiger partial charge in [0, 0.05) is 24.5 Å². The van der Waals surface area contributed by atoms with Gasteiger partial charge in [-0.2, -0.15) is 0 Å². The van der Waals surface area contributed by atoms with E-state index in [9.17, 15) is 0 Å². The number of ether oxygens (including phenoxy) is 1. The third-order valence-corrected chi connectivity index (χ3v) is 2.47. The van der Waals surface area contributed by atoms with Crippen molar-refractivity contribution in [3.63, 3.8) is 0 Å². The van der Waals surface area contributed by atoms with E-state index >= 15 is 0 Å². The lowest BCUT2D eigenvalue weighted by Crippen LogP contribution is -2.11. The molecule has 4 nitrogen and oxygen atoms in total. The summed E-state index contributed by atoms with van der Waals surface area (Å²) in [7, 11) is 0. The van der Waals surface area contributed by atoms with Crippen LogP contribution >= 0.6 is 0 Å². The summed E-state index contributed by atoms with van der Waals surface area (Å²) >= 11 is 0. The Morgan fingerprint density at radius 2 is 2.17 bits per heavy atom. The molecule has 0 aliphatic carbocycles. The van der Waals surface area contributed by atoms with Crippen molar-refractivity contribution in [2.75, 3.05) is 24.2 Å². The van der Waals surface area contributed by atoms with E-state index in [0.29, 0.717) is 12.4 Å². The van der Waals surface area contributed by atoms with Crippen molar-refractivity contribution in [1.29, 1.82) is 0 Å². The van der Waals surface area contributed by atoms with Gasteiger partial charge in [-0.3, -0.25) is 0 Å². The first kappa shape index (κ1) is 12.2. The van der Waals surface area contributed by atoms with E-state index in [0.717, 1.165) is 18.0 Å². The Labute approximate surface area is 107 Å². The fourth-order valence-corrected chi connectivity index (χ4v) is 1.63. The number of nitrogens with zero attached hydrogens (tertiary/aromatic N) is 1. The standard InChI is InChI=1S/C14H17N3O/c1-11-3-2-4-13(9-11)18-8-7-16-12-5-6-17-14(15)10-12/h2-6,9-10H,7-8H2,1H3,(H3,15,16,17). The number of nitrogens with two attached hydrogens (primary N) is 1. The van der Waals surface area contributed by atoms with Crippen molar-refractivity contribution in [3.8, 4) is 5.75 Å². The molecule has 0 bridgehead atoms. The number of benzene rings is 1. The number of aromatic nitrogens is 1. The highest BCUT2D eigenvalue weighted by atomic mass is 16.5. The Morgan fingerprint density at radius 1 is 1.28 bits per heavy atom. The van der Waals surface area contributed by atoms with Crippen LogP contribution in [-0.4, -0.2) is 18.1 Å². The monoisotopic (exact) mass is 243 g/mol. The highest BCUT2D eigenvalue weighted by Gasteiger charge is 1.95. The van der Waals surface area contributed by atoms with Crippen LogP contribution in [0, 0.1) is 6.92 Å². The Balaban J connectivity index is 1.76. The summed E-state index contributed by atoms with van der Waals surface area (Å²) in [6.07, 6.45) is 1.68. The van der Waals surface area contributed by atoms with Crippen molar-refractivity contribution < 1.29 is 4.74 Å². The van der Waals surface area contributed by atoms with Gasteiger partial charge in [0.15, 0.2) is 0 Å². The molecule has 0 saturated carbocycles. The van der Waals surface area contributed by atoms with Gasteiger partial charge in [-0.25, -0.2) is 4.98 Å². The van der Waals surface area contributed by atoms with E-state index < -0.39 is 0 Å². The summed E-state index contributed by atoms with van der Waals surface area (Å²) in [6, 6.07) is 11.7. The summed E-state index contributed by atoms with van der Waals surface area (Å²) in [5.74, 6) is 1.41. The second-order valence-corrected chi connectivity index (χ2v) is 4.06. The number of rotatable bonds is 5. The van der Waals surface area contributed by atoms with Gasteiger partial charge in [-0.15, -0.1) is 0 Å². The lowest BCUT2D eigenvalue weighted by molar-refractivity contribution is 0.332. The first-order valence-electron chi connectivity index (χ1n) is 5.89. The number of hydrogen-bond donors (Lipinski definition) is 2. The van der Waals surface area contributed by atoms with Crippen molar-refractivity contribution in [1.82, 2.24) is 4.98 Å². The van der Waals surface area contributed by atoms with Crippen LogP contribution in [0.1, 0.15) is 5.56 Å². The largest absolute Gasteiger partial charge is 0.492 e. The van der Waals surface area contributed by atoms with Crippen LogP contribution in [-0.2, 0) is 0 Å². The van der Waals surface area contributed by atoms with Crippen molar-refractivity contribution in [2.24, 2.45) is 0 Å². The summed E-state index contributed by atoms with van der Waals surface area (Å²) in [6.45, 7) is 3.37. The van der Waals surface area contributed by atoms with Crippen LogP contribution in [0.15, 0.2) is 42.6 Å². The summed E-state index contributed by atoms with van der Waals surface area (Å²) < 4.78 is 5.63. The minimum atomic E-state index is 0.514. The van der Waals surface area contributed by atoms with Gasteiger partial charge in [0.05, 0.1) is 0 Å². The van der Waals surface area contributed by atoms with Crippen molar-refractivity contribution in [3.05, 3.63) is 48.2 Å². The molecule has 2 aromatic rings. The molecule has 0 unspecified atom stereocenters. The molecule has 18 heavy (non-hydrogen) atoms. The molecule has 0 amide bonds. The quantitative estimate of drug-likeness (QED) is 0.792. The molecule has 1 heterocycles. The summed E-state index contributed by atoms with van der Waals surface area (Å²) in [5.41, 5.74) is 7.74. The van der Waals surface area contributed by atoms with Crippen molar-refractivity contribution in [2.45, 2.75) is 6.92 Å². The average Bonchev–Trinajstić information content (AvgIpc) is 2.35. The molecule has 3 N–H and O–H groups in total. The zero-order valence-corrected chi connectivity index (χ0v) is 10.4. The smallest absolute Gasteiger partial charge is 0.125 e. The van der Waals surface area contributed by atoms with E-state index in [1.807, 2.05) is 37.3 Å². The Hall–Kier alpha value is -2.23. The fourth-order valence-electron chi connectivity index (χ4n) is 1.63. The van der Waals surface area contributed by atoms with Gasteiger partial charge in [0.25, 0.3) is 0 Å². The topological polar surface area (TPSA) is 60.2 Å². The van der Waals surface area contributed by atoms with Gasteiger partial charge in [0.1, 0.15) is 18.2 Å². The molecule has 94 valence electrons. The van der Waals surface area contributed by atoms with Crippen LogP contribution in [0.3, 0.4) is 0 Å². The number of nitrogens with one attached hydrogen (secondary N) is 1. The van der Waals surface area contributed by atoms with Crippen LogP contribution in [0.5, 0.6) is 5.75 Å². The van der Waals surface area contributed by atoms with Gasteiger partial charge in [-0.1, -0.05) is 12.1 Å². The fraction of sp³-hybridized carbons (Fsp3) is 0.214. The van der Waals surface area contributed by atoms with Gasteiger partial charge in [-0.05, 0) is 30.7 Å². The van der Waals surface area contributed by atoms with Gasteiger partial charge >= 0.3 is 0 Å². The predicted octanol–water partition coefficient (Wildman–Crippen LogP) is 2.46. The summed E-state index contributed by atoms with van der Waals surface area (Å²) in [5, 5.41) is 3.23. The molecule has 0 fully saturated rings. The molecule has 1 aromatic carbocycles. The molecular formula is C14H17N3O. The molecular weight excluding hydrogens is 226 g/mol. The maximum atomic E-state index is 5.63.